The number of anilines is 1. The highest BCUT2D eigenvalue weighted by atomic mass is 79.9. The van der Waals surface area contributed by atoms with Crippen molar-refractivity contribution in [3.8, 4) is 0 Å². The molecule has 0 aliphatic heterocycles. The second-order valence-electron chi connectivity index (χ2n) is 5.05. The van der Waals surface area contributed by atoms with E-state index in [1.54, 1.807) is 25.1 Å². The number of hydrogen-bond donors (Lipinski definition) is 2. The highest BCUT2D eigenvalue weighted by molar-refractivity contribution is 9.10. The van der Waals surface area contributed by atoms with Gasteiger partial charge in [0.15, 0.2) is 5.54 Å². The Morgan fingerprint density at radius 2 is 1.86 bits per heavy atom. The predicted molar refractivity (Wildman–Crippen MR) is 88.9 cm³/mol. The summed E-state index contributed by atoms with van der Waals surface area (Å²) in [6, 6.07) is 12.7. The molecular formula is C16H15BrClNO2. The zero-order chi connectivity index (χ0) is 15.6. The number of benzene rings is 2. The molecule has 0 aliphatic carbocycles. The van der Waals surface area contributed by atoms with Crippen molar-refractivity contribution in [2.75, 3.05) is 5.32 Å². The minimum absolute atomic E-state index is 0.577. The summed E-state index contributed by atoms with van der Waals surface area (Å²) in [6.07, 6.45) is 0. The Balaban J connectivity index is 2.40. The standard InChI is InChI=1S/C16H15BrClNO2/c1-10-3-5-11(6-4-10)16(2,15(20)21)19-12-7-8-14(18)13(17)9-12/h3-9,19H,1-2H3,(H,20,21). The van der Waals surface area contributed by atoms with Gasteiger partial charge in [0.1, 0.15) is 0 Å². The smallest absolute Gasteiger partial charge is 0.333 e. The number of halogens is 2. The molecule has 2 N–H and O–H groups in total. The van der Waals surface area contributed by atoms with Gasteiger partial charge >= 0.3 is 5.97 Å². The maximum Gasteiger partial charge on any atom is 0.333 e. The van der Waals surface area contributed by atoms with Crippen LogP contribution in [0.4, 0.5) is 5.69 Å². The summed E-state index contributed by atoms with van der Waals surface area (Å²) < 4.78 is 0.714. The lowest BCUT2D eigenvalue weighted by Gasteiger charge is -2.28. The summed E-state index contributed by atoms with van der Waals surface area (Å²) in [4.78, 5) is 11.8. The molecule has 0 saturated heterocycles. The normalized spacial score (nSPS) is 13.5. The van der Waals surface area contributed by atoms with Crippen molar-refractivity contribution in [3.63, 3.8) is 0 Å². The molecule has 5 heteroatoms. The number of rotatable bonds is 4. The van der Waals surface area contributed by atoms with Gasteiger partial charge in [-0.15, -0.1) is 0 Å². The van der Waals surface area contributed by atoms with Gasteiger partial charge < -0.3 is 10.4 Å². The van der Waals surface area contributed by atoms with E-state index in [0.29, 0.717) is 20.7 Å². The number of carboxylic acids is 1. The summed E-state index contributed by atoms with van der Waals surface area (Å²) in [5.74, 6) is -0.947. The van der Waals surface area contributed by atoms with Crippen LogP contribution in [0.1, 0.15) is 18.1 Å². The average Bonchev–Trinajstić information content (AvgIpc) is 2.43. The quantitative estimate of drug-likeness (QED) is 0.813. The molecule has 3 nitrogen and oxygen atoms in total. The lowest BCUT2D eigenvalue weighted by atomic mass is 9.91. The number of nitrogens with one attached hydrogen (secondary N) is 1. The van der Waals surface area contributed by atoms with Gasteiger partial charge in [0.2, 0.25) is 0 Å². The summed E-state index contributed by atoms with van der Waals surface area (Å²) in [5, 5.41) is 13.3. The van der Waals surface area contributed by atoms with E-state index < -0.39 is 11.5 Å². The van der Waals surface area contributed by atoms with Gasteiger partial charge in [-0.3, -0.25) is 0 Å². The Labute approximate surface area is 137 Å². The molecular weight excluding hydrogens is 354 g/mol. The van der Waals surface area contributed by atoms with Crippen molar-refractivity contribution in [1.29, 1.82) is 0 Å². The van der Waals surface area contributed by atoms with E-state index in [9.17, 15) is 9.90 Å². The maximum absolute atomic E-state index is 11.8. The second kappa shape index (κ2) is 6.08. The molecule has 0 aromatic heterocycles. The minimum atomic E-state index is -1.22. The molecule has 2 rings (SSSR count). The van der Waals surface area contributed by atoms with E-state index in [0.717, 1.165) is 5.56 Å². The fourth-order valence-electron chi connectivity index (χ4n) is 2.00. The van der Waals surface area contributed by atoms with E-state index in [2.05, 4.69) is 21.2 Å². The van der Waals surface area contributed by atoms with E-state index in [4.69, 9.17) is 11.6 Å². The summed E-state index contributed by atoms with van der Waals surface area (Å²) in [5.41, 5.74) is 1.23. The number of aryl methyl sites for hydroxylation is 1. The largest absolute Gasteiger partial charge is 0.479 e. The van der Waals surface area contributed by atoms with Gasteiger partial charge in [-0.2, -0.15) is 0 Å². The first kappa shape index (κ1) is 15.9. The Morgan fingerprint density at radius 1 is 1.24 bits per heavy atom. The molecule has 21 heavy (non-hydrogen) atoms. The van der Waals surface area contributed by atoms with E-state index in [-0.39, 0.29) is 0 Å². The Kier molecular flexibility index (Phi) is 4.59. The topological polar surface area (TPSA) is 49.3 Å². The molecule has 0 saturated carbocycles. The first-order valence-corrected chi connectivity index (χ1v) is 7.54. The first-order chi connectivity index (χ1) is 9.83. The van der Waals surface area contributed by atoms with Crippen LogP contribution in [-0.4, -0.2) is 11.1 Å². The predicted octanol–water partition coefficient (Wildman–Crippen LogP) is 4.82. The molecule has 0 heterocycles. The van der Waals surface area contributed by atoms with E-state index in [1.165, 1.54) is 0 Å². The minimum Gasteiger partial charge on any atom is -0.479 e. The van der Waals surface area contributed by atoms with Crippen molar-refractivity contribution >= 4 is 39.2 Å². The first-order valence-electron chi connectivity index (χ1n) is 6.37. The molecule has 2 aromatic carbocycles. The Bertz CT molecular complexity index is 672. The summed E-state index contributed by atoms with van der Waals surface area (Å²) >= 11 is 9.29. The van der Waals surface area contributed by atoms with Crippen LogP contribution in [-0.2, 0) is 10.3 Å². The monoisotopic (exact) mass is 367 g/mol. The lowest BCUT2D eigenvalue weighted by molar-refractivity contribution is -0.142. The number of aliphatic carboxylic acids is 1. The molecule has 2 aromatic rings. The van der Waals surface area contributed by atoms with Gasteiger partial charge in [0.25, 0.3) is 0 Å². The zero-order valence-corrected chi connectivity index (χ0v) is 14.0. The van der Waals surface area contributed by atoms with Crippen LogP contribution < -0.4 is 5.32 Å². The van der Waals surface area contributed by atoms with Crippen LogP contribution in [0, 0.1) is 6.92 Å². The van der Waals surface area contributed by atoms with Crippen molar-refractivity contribution < 1.29 is 9.90 Å². The number of carbonyl (C=O) groups is 1. The molecule has 0 fully saturated rings. The molecule has 0 bridgehead atoms. The van der Waals surface area contributed by atoms with E-state index in [1.807, 2.05) is 31.2 Å². The fourth-order valence-corrected chi connectivity index (χ4v) is 2.49. The molecule has 0 radical (unpaired) electrons. The highest BCUT2D eigenvalue weighted by Gasteiger charge is 2.35. The third kappa shape index (κ3) is 3.39. The SMILES string of the molecule is Cc1ccc(C(C)(Nc2ccc(Cl)c(Br)c2)C(=O)O)cc1. The van der Waals surface area contributed by atoms with Gasteiger partial charge in [0, 0.05) is 10.2 Å². The molecule has 0 amide bonds. The van der Waals surface area contributed by atoms with Crippen molar-refractivity contribution in [2.45, 2.75) is 19.4 Å². The van der Waals surface area contributed by atoms with Gasteiger partial charge in [-0.05, 0) is 53.5 Å². The van der Waals surface area contributed by atoms with Crippen LogP contribution in [0.25, 0.3) is 0 Å². The van der Waals surface area contributed by atoms with Crippen molar-refractivity contribution in [1.82, 2.24) is 0 Å². The molecule has 1 atom stereocenters. The highest BCUT2D eigenvalue weighted by Crippen LogP contribution is 2.31. The van der Waals surface area contributed by atoms with Crippen molar-refractivity contribution in [3.05, 3.63) is 63.1 Å². The van der Waals surface area contributed by atoms with Crippen LogP contribution in [0.5, 0.6) is 0 Å². The van der Waals surface area contributed by atoms with Crippen molar-refractivity contribution in [2.24, 2.45) is 0 Å². The summed E-state index contributed by atoms with van der Waals surface area (Å²) in [6.45, 7) is 3.61. The van der Waals surface area contributed by atoms with Crippen LogP contribution in [0.15, 0.2) is 46.9 Å². The molecule has 0 spiro atoms. The molecule has 1 unspecified atom stereocenters. The lowest BCUT2D eigenvalue weighted by Crippen LogP contribution is -2.40. The molecule has 0 aliphatic rings. The fraction of sp³-hybridized carbons (Fsp3) is 0.188. The zero-order valence-electron chi connectivity index (χ0n) is 11.7. The van der Waals surface area contributed by atoms with Gasteiger partial charge in [-0.1, -0.05) is 41.4 Å². The summed E-state index contributed by atoms with van der Waals surface area (Å²) in [7, 11) is 0. The van der Waals surface area contributed by atoms with Crippen LogP contribution >= 0.6 is 27.5 Å². The van der Waals surface area contributed by atoms with Crippen LogP contribution in [0.3, 0.4) is 0 Å². The third-order valence-corrected chi connectivity index (χ3v) is 4.58. The number of hydrogen-bond acceptors (Lipinski definition) is 2. The maximum atomic E-state index is 11.8. The van der Waals surface area contributed by atoms with Gasteiger partial charge in [-0.25, -0.2) is 4.79 Å². The Hall–Kier alpha value is -1.52. The molecule has 110 valence electrons. The average molecular weight is 369 g/mol. The van der Waals surface area contributed by atoms with E-state index >= 15 is 0 Å². The Morgan fingerprint density at radius 3 is 2.38 bits per heavy atom. The second-order valence-corrected chi connectivity index (χ2v) is 6.31. The van der Waals surface area contributed by atoms with Crippen LogP contribution in [0.2, 0.25) is 5.02 Å². The number of carboxylic acid groups (broad SMARTS) is 1. The van der Waals surface area contributed by atoms with Gasteiger partial charge in [0.05, 0.1) is 5.02 Å². The third-order valence-electron chi connectivity index (χ3n) is 3.37.